The van der Waals surface area contributed by atoms with Crippen molar-refractivity contribution in [3.05, 3.63) is 29.8 Å². The minimum atomic E-state index is 0.313. The van der Waals surface area contributed by atoms with Crippen LogP contribution in [0.15, 0.2) is 24.3 Å². The van der Waals surface area contributed by atoms with Crippen LogP contribution in [0, 0.1) is 0 Å². The largest absolute Gasteiger partial charge is 0.491 e. The molecule has 0 aliphatic heterocycles. The number of nitrogens with two attached hydrogens (primary N) is 1. The van der Waals surface area contributed by atoms with Gasteiger partial charge in [0.2, 0.25) is 0 Å². The number of ether oxygens (including phenoxy) is 3. The van der Waals surface area contributed by atoms with Gasteiger partial charge < -0.3 is 19.9 Å². The third-order valence-corrected chi connectivity index (χ3v) is 3.75. The fourth-order valence-corrected chi connectivity index (χ4v) is 2.60. The van der Waals surface area contributed by atoms with Crippen molar-refractivity contribution < 1.29 is 14.2 Å². The van der Waals surface area contributed by atoms with E-state index in [1.165, 1.54) is 6.42 Å². The van der Waals surface area contributed by atoms with Crippen LogP contribution in [0.2, 0.25) is 0 Å². The SMILES string of the molecule is COC1CCCC(OCCOc2cccc(CN)c2)C1. The zero-order chi connectivity index (χ0) is 14.2. The molecule has 4 heteroatoms. The lowest BCUT2D eigenvalue weighted by Crippen LogP contribution is -2.28. The van der Waals surface area contributed by atoms with E-state index >= 15 is 0 Å². The number of hydrogen-bond donors (Lipinski definition) is 1. The van der Waals surface area contributed by atoms with Gasteiger partial charge >= 0.3 is 0 Å². The van der Waals surface area contributed by atoms with Crippen molar-refractivity contribution in [1.29, 1.82) is 0 Å². The molecule has 20 heavy (non-hydrogen) atoms. The fourth-order valence-electron chi connectivity index (χ4n) is 2.60. The lowest BCUT2D eigenvalue weighted by molar-refractivity contribution is -0.0362. The van der Waals surface area contributed by atoms with E-state index in [4.69, 9.17) is 19.9 Å². The molecule has 0 heterocycles. The van der Waals surface area contributed by atoms with E-state index in [2.05, 4.69) is 0 Å². The minimum Gasteiger partial charge on any atom is -0.491 e. The highest BCUT2D eigenvalue weighted by Gasteiger charge is 2.21. The molecule has 0 amide bonds. The lowest BCUT2D eigenvalue weighted by atomic mass is 9.95. The molecule has 1 fully saturated rings. The van der Waals surface area contributed by atoms with Crippen LogP contribution in [0.25, 0.3) is 0 Å². The van der Waals surface area contributed by atoms with Gasteiger partial charge in [0.05, 0.1) is 18.8 Å². The lowest BCUT2D eigenvalue weighted by Gasteiger charge is -2.28. The second-order valence-corrected chi connectivity index (χ2v) is 5.22. The Morgan fingerprint density at radius 3 is 2.85 bits per heavy atom. The number of rotatable bonds is 7. The third kappa shape index (κ3) is 4.78. The van der Waals surface area contributed by atoms with Crippen LogP contribution in [0.5, 0.6) is 5.75 Å². The summed E-state index contributed by atoms with van der Waals surface area (Å²) in [5.41, 5.74) is 6.69. The first-order valence-electron chi connectivity index (χ1n) is 7.38. The maximum atomic E-state index is 5.86. The van der Waals surface area contributed by atoms with Crippen LogP contribution in [0.4, 0.5) is 0 Å². The van der Waals surface area contributed by atoms with Crippen LogP contribution in [-0.4, -0.2) is 32.5 Å². The molecular weight excluding hydrogens is 254 g/mol. The summed E-state index contributed by atoms with van der Waals surface area (Å²) in [5, 5.41) is 0. The van der Waals surface area contributed by atoms with E-state index in [1.54, 1.807) is 7.11 Å². The van der Waals surface area contributed by atoms with Crippen molar-refractivity contribution in [2.75, 3.05) is 20.3 Å². The summed E-state index contributed by atoms with van der Waals surface area (Å²) < 4.78 is 16.9. The quantitative estimate of drug-likeness (QED) is 0.779. The van der Waals surface area contributed by atoms with Gasteiger partial charge in [-0.05, 0) is 43.4 Å². The first-order chi connectivity index (χ1) is 9.81. The van der Waals surface area contributed by atoms with Crippen molar-refractivity contribution in [2.24, 2.45) is 5.73 Å². The van der Waals surface area contributed by atoms with Crippen LogP contribution < -0.4 is 10.5 Å². The summed E-state index contributed by atoms with van der Waals surface area (Å²) in [5.74, 6) is 0.856. The Bertz CT molecular complexity index is 397. The average Bonchev–Trinajstić information content (AvgIpc) is 2.52. The van der Waals surface area contributed by atoms with Gasteiger partial charge in [0.1, 0.15) is 12.4 Å². The first-order valence-corrected chi connectivity index (χ1v) is 7.38. The summed E-state index contributed by atoms with van der Waals surface area (Å²) >= 11 is 0. The zero-order valence-electron chi connectivity index (χ0n) is 12.2. The minimum absolute atomic E-state index is 0.313. The Balaban J connectivity index is 1.65. The van der Waals surface area contributed by atoms with E-state index < -0.39 is 0 Å². The number of methoxy groups -OCH3 is 1. The molecule has 1 aromatic carbocycles. The number of hydrogen-bond acceptors (Lipinski definition) is 4. The summed E-state index contributed by atoms with van der Waals surface area (Å²) in [7, 11) is 1.78. The second kappa shape index (κ2) is 8.25. The molecule has 2 unspecified atom stereocenters. The molecule has 0 aromatic heterocycles. The van der Waals surface area contributed by atoms with Gasteiger partial charge in [-0.15, -0.1) is 0 Å². The molecule has 0 spiro atoms. The number of benzene rings is 1. The average molecular weight is 279 g/mol. The molecule has 1 aliphatic carbocycles. The normalized spacial score (nSPS) is 22.7. The summed E-state index contributed by atoms with van der Waals surface area (Å²) in [4.78, 5) is 0. The molecule has 1 saturated carbocycles. The fraction of sp³-hybridized carbons (Fsp3) is 0.625. The molecule has 0 saturated heterocycles. The van der Waals surface area contributed by atoms with Crippen LogP contribution in [-0.2, 0) is 16.0 Å². The third-order valence-electron chi connectivity index (χ3n) is 3.75. The summed E-state index contributed by atoms with van der Waals surface area (Å²) in [6.07, 6.45) is 5.13. The predicted octanol–water partition coefficient (Wildman–Crippen LogP) is 2.50. The van der Waals surface area contributed by atoms with Crippen LogP contribution >= 0.6 is 0 Å². The van der Waals surface area contributed by atoms with Crippen molar-refractivity contribution in [1.82, 2.24) is 0 Å². The van der Waals surface area contributed by atoms with Gasteiger partial charge in [0.25, 0.3) is 0 Å². The summed E-state index contributed by atoms with van der Waals surface area (Å²) in [6.45, 7) is 1.73. The Morgan fingerprint density at radius 2 is 2.05 bits per heavy atom. The molecule has 2 rings (SSSR count). The predicted molar refractivity (Wildman–Crippen MR) is 78.8 cm³/mol. The topological polar surface area (TPSA) is 53.7 Å². The highest BCUT2D eigenvalue weighted by atomic mass is 16.5. The Labute approximate surface area is 121 Å². The monoisotopic (exact) mass is 279 g/mol. The molecule has 1 aromatic rings. The van der Waals surface area contributed by atoms with E-state index in [0.29, 0.717) is 32.0 Å². The van der Waals surface area contributed by atoms with E-state index in [9.17, 15) is 0 Å². The molecule has 112 valence electrons. The van der Waals surface area contributed by atoms with E-state index in [0.717, 1.165) is 30.6 Å². The highest BCUT2D eigenvalue weighted by molar-refractivity contribution is 5.28. The maximum Gasteiger partial charge on any atom is 0.119 e. The van der Waals surface area contributed by atoms with Gasteiger partial charge in [0.15, 0.2) is 0 Å². The van der Waals surface area contributed by atoms with Gasteiger partial charge in [-0.3, -0.25) is 0 Å². The Hall–Kier alpha value is -1.10. The van der Waals surface area contributed by atoms with Gasteiger partial charge in [-0.1, -0.05) is 12.1 Å². The van der Waals surface area contributed by atoms with Crippen LogP contribution in [0.3, 0.4) is 0 Å². The van der Waals surface area contributed by atoms with Gasteiger partial charge in [0, 0.05) is 13.7 Å². The molecule has 4 nitrogen and oxygen atoms in total. The highest BCUT2D eigenvalue weighted by Crippen LogP contribution is 2.23. The molecule has 1 aliphatic rings. The maximum absolute atomic E-state index is 5.86. The molecular formula is C16H25NO3. The summed E-state index contributed by atoms with van der Waals surface area (Å²) in [6, 6.07) is 7.88. The Kier molecular flexibility index (Phi) is 6.30. The molecule has 2 atom stereocenters. The van der Waals surface area contributed by atoms with Crippen molar-refractivity contribution in [2.45, 2.75) is 44.4 Å². The second-order valence-electron chi connectivity index (χ2n) is 5.22. The van der Waals surface area contributed by atoms with Gasteiger partial charge in [-0.25, -0.2) is 0 Å². The van der Waals surface area contributed by atoms with Crippen LogP contribution in [0.1, 0.15) is 31.2 Å². The molecule has 2 N–H and O–H groups in total. The van der Waals surface area contributed by atoms with E-state index in [-0.39, 0.29) is 0 Å². The van der Waals surface area contributed by atoms with Crippen molar-refractivity contribution >= 4 is 0 Å². The molecule has 0 radical (unpaired) electrons. The smallest absolute Gasteiger partial charge is 0.119 e. The zero-order valence-corrected chi connectivity index (χ0v) is 12.2. The van der Waals surface area contributed by atoms with Crippen molar-refractivity contribution in [3.8, 4) is 5.75 Å². The first kappa shape index (κ1) is 15.3. The standard InChI is InChI=1S/C16H25NO3/c1-18-14-5-3-7-16(11-14)20-9-8-19-15-6-2-4-13(10-15)12-17/h2,4,6,10,14,16H,3,5,7-9,11-12,17H2,1H3. The van der Waals surface area contributed by atoms with Gasteiger partial charge in [-0.2, -0.15) is 0 Å². The van der Waals surface area contributed by atoms with Crippen molar-refractivity contribution in [3.63, 3.8) is 0 Å². The van der Waals surface area contributed by atoms with E-state index in [1.807, 2.05) is 24.3 Å². The Morgan fingerprint density at radius 1 is 1.20 bits per heavy atom. The molecule has 0 bridgehead atoms.